The molecule has 1 aromatic carbocycles. The van der Waals surface area contributed by atoms with Gasteiger partial charge in [0.05, 0.1) is 17.3 Å². The van der Waals surface area contributed by atoms with Gasteiger partial charge in [-0.2, -0.15) is 0 Å². The van der Waals surface area contributed by atoms with Crippen molar-refractivity contribution in [2.45, 2.75) is 32.7 Å². The van der Waals surface area contributed by atoms with Crippen LogP contribution in [0.25, 0.3) is 0 Å². The van der Waals surface area contributed by atoms with Gasteiger partial charge >= 0.3 is 0 Å². The molecule has 2 nitrogen and oxygen atoms in total. The van der Waals surface area contributed by atoms with Crippen LogP contribution in [0.1, 0.15) is 26.7 Å². The molecular formula is C12H17Br2NO. The Morgan fingerprint density at radius 3 is 2.56 bits per heavy atom. The fourth-order valence-electron chi connectivity index (χ4n) is 1.57. The lowest BCUT2D eigenvalue weighted by molar-refractivity contribution is 0.412. The van der Waals surface area contributed by atoms with Gasteiger partial charge in [-0.05, 0) is 51.3 Å². The summed E-state index contributed by atoms with van der Waals surface area (Å²) >= 11 is 7.00. The van der Waals surface area contributed by atoms with Crippen LogP contribution >= 0.6 is 31.9 Å². The molecule has 0 heterocycles. The van der Waals surface area contributed by atoms with Crippen LogP contribution in [0.3, 0.4) is 0 Å². The predicted octanol–water partition coefficient (Wildman–Crippen LogP) is 4.82. The number of hydrogen-bond acceptors (Lipinski definition) is 2. The second-order valence-electron chi connectivity index (χ2n) is 3.80. The Hall–Kier alpha value is -0.220. The van der Waals surface area contributed by atoms with E-state index in [1.54, 1.807) is 7.11 Å². The standard InChI is InChI=1S/C12H17Br2NO/c1-4-5-8(2)15-11-7-12(16-3)10(14)6-9(11)13/h6-8,15H,4-5H2,1-3H3. The number of halogens is 2. The lowest BCUT2D eigenvalue weighted by atomic mass is 10.2. The highest BCUT2D eigenvalue weighted by atomic mass is 79.9. The van der Waals surface area contributed by atoms with E-state index in [9.17, 15) is 0 Å². The summed E-state index contributed by atoms with van der Waals surface area (Å²) in [6.07, 6.45) is 2.34. The van der Waals surface area contributed by atoms with Gasteiger partial charge < -0.3 is 10.1 Å². The lowest BCUT2D eigenvalue weighted by Gasteiger charge is -2.17. The highest BCUT2D eigenvalue weighted by molar-refractivity contribution is 9.11. The first-order chi connectivity index (χ1) is 7.58. The smallest absolute Gasteiger partial charge is 0.135 e. The highest BCUT2D eigenvalue weighted by Gasteiger charge is 2.09. The molecule has 0 saturated heterocycles. The van der Waals surface area contributed by atoms with E-state index in [-0.39, 0.29) is 0 Å². The Kier molecular flexibility index (Phi) is 5.62. The van der Waals surface area contributed by atoms with E-state index in [4.69, 9.17) is 4.74 Å². The summed E-state index contributed by atoms with van der Waals surface area (Å²) in [5.41, 5.74) is 1.07. The summed E-state index contributed by atoms with van der Waals surface area (Å²) in [7, 11) is 1.67. The van der Waals surface area contributed by atoms with Crippen molar-refractivity contribution in [3.63, 3.8) is 0 Å². The van der Waals surface area contributed by atoms with Crippen molar-refractivity contribution < 1.29 is 4.74 Å². The Bertz CT molecular complexity index is 355. The summed E-state index contributed by atoms with van der Waals surface area (Å²) in [4.78, 5) is 0. The molecule has 0 radical (unpaired) electrons. The van der Waals surface area contributed by atoms with Crippen LogP contribution in [-0.4, -0.2) is 13.2 Å². The molecular weight excluding hydrogens is 334 g/mol. The molecule has 1 aromatic rings. The fraction of sp³-hybridized carbons (Fsp3) is 0.500. The maximum atomic E-state index is 5.27. The molecule has 0 aliphatic heterocycles. The second-order valence-corrected chi connectivity index (χ2v) is 5.51. The SMILES string of the molecule is CCCC(C)Nc1cc(OC)c(Br)cc1Br. The highest BCUT2D eigenvalue weighted by Crippen LogP contribution is 2.34. The molecule has 0 amide bonds. The average molecular weight is 351 g/mol. The number of benzene rings is 1. The third kappa shape index (κ3) is 3.67. The molecule has 0 aliphatic carbocycles. The van der Waals surface area contributed by atoms with Crippen molar-refractivity contribution >= 4 is 37.5 Å². The quantitative estimate of drug-likeness (QED) is 0.821. The Balaban J connectivity index is 2.87. The molecule has 0 spiro atoms. The van der Waals surface area contributed by atoms with Gasteiger partial charge in [0.2, 0.25) is 0 Å². The van der Waals surface area contributed by atoms with Crippen molar-refractivity contribution in [2.24, 2.45) is 0 Å². The molecule has 0 fully saturated rings. The maximum Gasteiger partial charge on any atom is 0.135 e. The summed E-state index contributed by atoms with van der Waals surface area (Å²) in [6.45, 7) is 4.37. The van der Waals surface area contributed by atoms with Crippen molar-refractivity contribution in [3.8, 4) is 5.75 Å². The second kappa shape index (κ2) is 6.50. The largest absolute Gasteiger partial charge is 0.495 e. The molecule has 1 unspecified atom stereocenters. The average Bonchev–Trinajstić information content (AvgIpc) is 2.22. The van der Waals surface area contributed by atoms with E-state index in [0.717, 1.165) is 26.8 Å². The minimum atomic E-state index is 0.465. The summed E-state index contributed by atoms with van der Waals surface area (Å²) < 4.78 is 7.27. The minimum Gasteiger partial charge on any atom is -0.495 e. The molecule has 0 aromatic heterocycles. The molecule has 0 saturated carbocycles. The van der Waals surface area contributed by atoms with Crippen molar-refractivity contribution in [3.05, 3.63) is 21.1 Å². The lowest BCUT2D eigenvalue weighted by Crippen LogP contribution is -2.14. The topological polar surface area (TPSA) is 21.3 Å². The first-order valence-electron chi connectivity index (χ1n) is 5.38. The van der Waals surface area contributed by atoms with Crippen LogP contribution < -0.4 is 10.1 Å². The Labute approximate surface area is 114 Å². The maximum absolute atomic E-state index is 5.27. The summed E-state index contributed by atoms with van der Waals surface area (Å²) in [5.74, 6) is 0.842. The molecule has 16 heavy (non-hydrogen) atoms. The zero-order valence-electron chi connectivity index (χ0n) is 9.81. The number of anilines is 1. The van der Waals surface area contributed by atoms with E-state index in [2.05, 4.69) is 51.0 Å². The van der Waals surface area contributed by atoms with Gasteiger partial charge in [-0.1, -0.05) is 13.3 Å². The molecule has 90 valence electrons. The number of methoxy groups -OCH3 is 1. The van der Waals surface area contributed by atoms with Gasteiger partial charge in [-0.25, -0.2) is 0 Å². The first kappa shape index (κ1) is 13.8. The molecule has 1 rings (SSSR count). The third-order valence-corrected chi connectivity index (χ3v) is 3.64. The van der Waals surface area contributed by atoms with Crippen LogP contribution in [0, 0.1) is 0 Å². The number of nitrogens with one attached hydrogen (secondary N) is 1. The van der Waals surface area contributed by atoms with E-state index in [1.807, 2.05) is 12.1 Å². The zero-order valence-corrected chi connectivity index (χ0v) is 13.0. The molecule has 1 atom stereocenters. The predicted molar refractivity (Wildman–Crippen MR) is 76.4 cm³/mol. The van der Waals surface area contributed by atoms with E-state index >= 15 is 0 Å². The Morgan fingerprint density at radius 1 is 1.31 bits per heavy atom. The number of ether oxygens (including phenoxy) is 1. The van der Waals surface area contributed by atoms with Crippen molar-refractivity contribution in [1.29, 1.82) is 0 Å². The number of rotatable bonds is 5. The van der Waals surface area contributed by atoms with Gasteiger partial charge in [0.25, 0.3) is 0 Å². The van der Waals surface area contributed by atoms with Crippen LogP contribution in [0.5, 0.6) is 5.75 Å². The normalized spacial score (nSPS) is 12.3. The molecule has 1 N–H and O–H groups in total. The van der Waals surface area contributed by atoms with E-state index < -0.39 is 0 Å². The fourth-order valence-corrected chi connectivity index (χ4v) is 2.84. The van der Waals surface area contributed by atoms with Gasteiger partial charge in [0, 0.05) is 16.6 Å². The zero-order chi connectivity index (χ0) is 12.1. The van der Waals surface area contributed by atoms with Crippen molar-refractivity contribution in [1.82, 2.24) is 0 Å². The van der Waals surface area contributed by atoms with Gasteiger partial charge in [-0.15, -0.1) is 0 Å². The minimum absolute atomic E-state index is 0.465. The summed E-state index contributed by atoms with van der Waals surface area (Å²) in [6, 6.07) is 4.47. The monoisotopic (exact) mass is 349 g/mol. The van der Waals surface area contributed by atoms with Crippen LogP contribution in [0.15, 0.2) is 21.1 Å². The first-order valence-corrected chi connectivity index (χ1v) is 6.96. The van der Waals surface area contributed by atoms with E-state index in [1.165, 1.54) is 6.42 Å². The molecule has 0 bridgehead atoms. The number of hydrogen-bond donors (Lipinski definition) is 1. The summed E-state index contributed by atoms with van der Waals surface area (Å²) in [5, 5.41) is 3.47. The van der Waals surface area contributed by atoms with Crippen LogP contribution in [-0.2, 0) is 0 Å². The molecule has 0 aliphatic rings. The van der Waals surface area contributed by atoms with Gasteiger partial charge in [0.1, 0.15) is 5.75 Å². The van der Waals surface area contributed by atoms with Crippen molar-refractivity contribution in [2.75, 3.05) is 12.4 Å². The van der Waals surface area contributed by atoms with Crippen LogP contribution in [0.4, 0.5) is 5.69 Å². The van der Waals surface area contributed by atoms with Crippen LogP contribution in [0.2, 0.25) is 0 Å². The Morgan fingerprint density at radius 2 is 2.00 bits per heavy atom. The van der Waals surface area contributed by atoms with Gasteiger partial charge in [0.15, 0.2) is 0 Å². The van der Waals surface area contributed by atoms with E-state index in [0.29, 0.717) is 6.04 Å². The van der Waals surface area contributed by atoms with Gasteiger partial charge in [-0.3, -0.25) is 0 Å². The molecule has 4 heteroatoms. The third-order valence-electron chi connectivity index (χ3n) is 2.37.